The molecule has 0 unspecified atom stereocenters. The number of hydrogen-bond acceptors (Lipinski definition) is 5. The fourth-order valence-electron chi connectivity index (χ4n) is 2.89. The van der Waals surface area contributed by atoms with Gasteiger partial charge in [-0.1, -0.05) is 18.2 Å². The number of nitrogens with zero attached hydrogens (tertiary/aromatic N) is 3. The maximum atomic E-state index is 12.3. The van der Waals surface area contributed by atoms with Gasteiger partial charge in [-0.05, 0) is 31.4 Å². The standard InChI is InChI=1S/C18H22N4O2/c1-13-20-15(18(23)19-9-5-11-24-2)12-17(21-13)22-10-8-14-6-3-4-7-16(14)22/h3-4,6-7,12H,5,8-11H2,1-2H3,(H,19,23). The third-order valence-corrected chi connectivity index (χ3v) is 4.03. The van der Waals surface area contributed by atoms with Crippen molar-refractivity contribution in [3.8, 4) is 0 Å². The number of aryl methyl sites for hydroxylation is 1. The molecule has 2 aromatic rings. The number of fused-ring (bicyclic) bond motifs is 1. The zero-order chi connectivity index (χ0) is 16.9. The minimum Gasteiger partial charge on any atom is -0.385 e. The van der Waals surface area contributed by atoms with E-state index in [2.05, 4.69) is 32.3 Å². The Hall–Kier alpha value is -2.47. The maximum Gasteiger partial charge on any atom is 0.270 e. The lowest BCUT2D eigenvalue weighted by Gasteiger charge is -2.19. The predicted octanol–water partition coefficient (Wildman–Crippen LogP) is 2.25. The average Bonchev–Trinajstić information content (AvgIpc) is 3.02. The van der Waals surface area contributed by atoms with E-state index < -0.39 is 0 Å². The van der Waals surface area contributed by atoms with E-state index in [1.54, 1.807) is 13.2 Å². The van der Waals surface area contributed by atoms with E-state index in [1.807, 2.05) is 19.1 Å². The molecule has 1 amide bonds. The number of rotatable bonds is 6. The number of hydrogen-bond donors (Lipinski definition) is 1. The van der Waals surface area contributed by atoms with Crippen LogP contribution in [0.3, 0.4) is 0 Å². The van der Waals surface area contributed by atoms with Crippen LogP contribution in [0.25, 0.3) is 0 Å². The molecule has 3 rings (SSSR count). The van der Waals surface area contributed by atoms with Gasteiger partial charge < -0.3 is 15.0 Å². The molecule has 0 aliphatic carbocycles. The largest absolute Gasteiger partial charge is 0.385 e. The zero-order valence-electron chi connectivity index (χ0n) is 14.1. The van der Waals surface area contributed by atoms with Gasteiger partial charge in [-0.3, -0.25) is 4.79 Å². The van der Waals surface area contributed by atoms with Gasteiger partial charge in [0.1, 0.15) is 17.3 Å². The molecule has 0 saturated heterocycles. The molecule has 0 saturated carbocycles. The fourth-order valence-corrected chi connectivity index (χ4v) is 2.89. The Morgan fingerprint density at radius 3 is 3.00 bits per heavy atom. The summed E-state index contributed by atoms with van der Waals surface area (Å²) in [6, 6.07) is 10.1. The minimum absolute atomic E-state index is 0.176. The number of methoxy groups -OCH3 is 1. The molecule has 0 spiro atoms. The lowest BCUT2D eigenvalue weighted by Crippen LogP contribution is -2.27. The van der Waals surface area contributed by atoms with Crippen molar-refractivity contribution >= 4 is 17.4 Å². The van der Waals surface area contributed by atoms with Gasteiger partial charge >= 0.3 is 0 Å². The fraction of sp³-hybridized carbons (Fsp3) is 0.389. The van der Waals surface area contributed by atoms with Gasteiger partial charge in [0.2, 0.25) is 0 Å². The van der Waals surface area contributed by atoms with Crippen molar-refractivity contribution in [2.75, 3.05) is 31.7 Å². The van der Waals surface area contributed by atoms with Crippen LogP contribution >= 0.6 is 0 Å². The van der Waals surface area contributed by atoms with Crippen LogP contribution in [0.5, 0.6) is 0 Å². The summed E-state index contributed by atoms with van der Waals surface area (Å²) in [4.78, 5) is 23.3. The number of benzene rings is 1. The van der Waals surface area contributed by atoms with Gasteiger partial charge in [-0.15, -0.1) is 0 Å². The van der Waals surface area contributed by atoms with Gasteiger partial charge in [-0.25, -0.2) is 9.97 Å². The normalized spacial score (nSPS) is 13.0. The molecule has 1 aromatic carbocycles. The van der Waals surface area contributed by atoms with Gasteiger partial charge in [-0.2, -0.15) is 0 Å². The summed E-state index contributed by atoms with van der Waals surface area (Å²) >= 11 is 0. The average molecular weight is 326 g/mol. The van der Waals surface area contributed by atoms with Crippen molar-refractivity contribution < 1.29 is 9.53 Å². The topological polar surface area (TPSA) is 67.3 Å². The van der Waals surface area contributed by atoms with Crippen LogP contribution < -0.4 is 10.2 Å². The van der Waals surface area contributed by atoms with Crippen LogP contribution in [0.2, 0.25) is 0 Å². The van der Waals surface area contributed by atoms with Crippen LogP contribution in [-0.4, -0.2) is 42.7 Å². The Morgan fingerprint density at radius 2 is 2.17 bits per heavy atom. The lowest BCUT2D eigenvalue weighted by molar-refractivity contribution is 0.0943. The van der Waals surface area contributed by atoms with Crippen molar-refractivity contribution in [2.45, 2.75) is 19.8 Å². The summed E-state index contributed by atoms with van der Waals surface area (Å²) in [6.45, 7) is 3.87. The summed E-state index contributed by atoms with van der Waals surface area (Å²) in [6.07, 6.45) is 1.76. The molecule has 0 radical (unpaired) electrons. The van der Waals surface area contributed by atoms with Crippen molar-refractivity contribution in [1.29, 1.82) is 0 Å². The quantitative estimate of drug-likeness (QED) is 0.825. The molecule has 0 atom stereocenters. The monoisotopic (exact) mass is 326 g/mol. The summed E-state index contributed by atoms with van der Waals surface area (Å²) in [5, 5.41) is 2.87. The molecule has 1 aliphatic rings. The van der Waals surface area contributed by atoms with Crippen molar-refractivity contribution in [3.05, 3.63) is 47.4 Å². The highest BCUT2D eigenvalue weighted by Gasteiger charge is 2.22. The number of carbonyl (C=O) groups excluding carboxylic acids is 1. The van der Waals surface area contributed by atoms with Crippen LogP contribution in [-0.2, 0) is 11.2 Å². The SMILES string of the molecule is COCCCNC(=O)c1cc(N2CCc3ccccc32)nc(C)n1. The van der Waals surface area contributed by atoms with Gasteiger partial charge in [0.05, 0.1) is 0 Å². The van der Waals surface area contributed by atoms with Gasteiger partial charge in [0, 0.05) is 38.6 Å². The third kappa shape index (κ3) is 3.54. The van der Waals surface area contributed by atoms with E-state index in [-0.39, 0.29) is 5.91 Å². The second-order valence-corrected chi connectivity index (χ2v) is 5.79. The Labute approximate surface area is 141 Å². The van der Waals surface area contributed by atoms with Crippen molar-refractivity contribution in [3.63, 3.8) is 0 Å². The van der Waals surface area contributed by atoms with E-state index in [0.717, 1.165) is 30.9 Å². The number of para-hydroxylation sites is 1. The summed E-state index contributed by atoms with van der Waals surface area (Å²) in [7, 11) is 1.65. The number of amides is 1. The Balaban J connectivity index is 1.79. The van der Waals surface area contributed by atoms with Crippen LogP contribution in [0, 0.1) is 6.92 Å². The first-order valence-corrected chi connectivity index (χ1v) is 8.17. The number of ether oxygens (including phenoxy) is 1. The first-order chi connectivity index (χ1) is 11.7. The highest BCUT2D eigenvalue weighted by atomic mass is 16.5. The van der Waals surface area contributed by atoms with Crippen molar-refractivity contribution in [2.24, 2.45) is 0 Å². The second kappa shape index (κ2) is 7.40. The van der Waals surface area contributed by atoms with Crippen LogP contribution in [0.15, 0.2) is 30.3 Å². The number of anilines is 2. The molecular weight excluding hydrogens is 304 g/mol. The molecule has 1 N–H and O–H groups in total. The molecule has 126 valence electrons. The number of carbonyl (C=O) groups is 1. The number of aromatic nitrogens is 2. The molecule has 0 fully saturated rings. The molecule has 24 heavy (non-hydrogen) atoms. The van der Waals surface area contributed by atoms with Gasteiger partial charge in [0.25, 0.3) is 5.91 Å². The predicted molar refractivity (Wildman–Crippen MR) is 92.7 cm³/mol. The molecule has 1 aromatic heterocycles. The Bertz CT molecular complexity index is 733. The summed E-state index contributed by atoms with van der Waals surface area (Å²) in [5.74, 6) is 1.19. The van der Waals surface area contributed by atoms with E-state index >= 15 is 0 Å². The Morgan fingerprint density at radius 1 is 1.33 bits per heavy atom. The molecule has 0 bridgehead atoms. The maximum absolute atomic E-state index is 12.3. The first-order valence-electron chi connectivity index (χ1n) is 8.17. The molecule has 2 heterocycles. The third-order valence-electron chi connectivity index (χ3n) is 4.03. The van der Waals surface area contributed by atoms with Crippen LogP contribution in [0.4, 0.5) is 11.5 Å². The summed E-state index contributed by atoms with van der Waals surface area (Å²) < 4.78 is 4.98. The highest BCUT2D eigenvalue weighted by Crippen LogP contribution is 2.33. The van der Waals surface area contributed by atoms with E-state index in [4.69, 9.17) is 4.74 Å². The highest BCUT2D eigenvalue weighted by molar-refractivity contribution is 5.93. The van der Waals surface area contributed by atoms with E-state index in [0.29, 0.717) is 24.7 Å². The van der Waals surface area contributed by atoms with Crippen molar-refractivity contribution in [1.82, 2.24) is 15.3 Å². The summed E-state index contributed by atoms with van der Waals surface area (Å²) in [5.41, 5.74) is 2.86. The van der Waals surface area contributed by atoms with Gasteiger partial charge in [0.15, 0.2) is 0 Å². The second-order valence-electron chi connectivity index (χ2n) is 5.79. The molecule has 6 heteroatoms. The van der Waals surface area contributed by atoms with E-state index in [9.17, 15) is 4.79 Å². The molecular formula is C18H22N4O2. The molecule has 1 aliphatic heterocycles. The Kier molecular flexibility index (Phi) is 5.05. The minimum atomic E-state index is -0.176. The lowest BCUT2D eigenvalue weighted by atomic mass is 10.2. The molecule has 6 nitrogen and oxygen atoms in total. The number of nitrogens with one attached hydrogen (secondary N) is 1. The smallest absolute Gasteiger partial charge is 0.270 e. The first kappa shape index (κ1) is 16.4. The van der Waals surface area contributed by atoms with E-state index in [1.165, 1.54) is 5.56 Å². The van der Waals surface area contributed by atoms with Crippen LogP contribution in [0.1, 0.15) is 28.3 Å². The zero-order valence-corrected chi connectivity index (χ0v) is 14.1.